The Labute approximate surface area is 125 Å². The number of carbonyl (C=O) groups excluding carboxylic acids is 1. The molecule has 1 aromatic rings. The van der Waals surface area contributed by atoms with Crippen LogP contribution >= 0.6 is 0 Å². The zero-order valence-corrected chi connectivity index (χ0v) is 13.4. The monoisotopic (exact) mass is 314 g/mol. The SMILES string of the molecule is CCN(CCCNC(=O)c1cc(C)ccc1O)S(C)(=O)=O. The van der Waals surface area contributed by atoms with Crippen molar-refractivity contribution < 1.29 is 18.3 Å². The number of hydrogen-bond acceptors (Lipinski definition) is 4. The molecule has 0 bridgehead atoms. The van der Waals surface area contributed by atoms with Crippen LogP contribution < -0.4 is 5.32 Å². The van der Waals surface area contributed by atoms with Crippen molar-refractivity contribution in [3.8, 4) is 5.75 Å². The van der Waals surface area contributed by atoms with Crippen LogP contribution in [0.1, 0.15) is 29.3 Å². The average Bonchev–Trinajstić information content (AvgIpc) is 2.39. The van der Waals surface area contributed by atoms with Gasteiger partial charge >= 0.3 is 0 Å². The van der Waals surface area contributed by atoms with Crippen LogP contribution in [0.3, 0.4) is 0 Å². The Morgan fingerprint density at radius 1 is 1.38 bits per heavy atom. The van der Waals surface area contributed by atoms with Crippen LogP contribution in [0.4, 0.5) is 0 Å². The van der Waals surface area contributed by atoms with Crippen LogP contribution in [-0.2, 0) is 10.0 Å². The smallest absolute Gasteiger partial charge is 0.255 e. The van der Waals surface area contributed by atoms with Gasteiger partial charge in [-0.05, 0) is 25.5 Å². The summed E-state index contributed by atoms with van der Waals surface area (Å²) in [5.41, 5.74) is 1.11. The molecule has 1 rings (SSSR count). The third-order valence-corrected chi connectivity index (χ3v) is 4.47. The molecule has 6 nitrogen and oxygen atoms in total. The van der Waals surface area contributed by atoms with E-state index in [4.69, 9.17) is 0 Å². The normalized spacial score (nSPS) is 11.6. The first kappa shape index (κ1) is 17.5. The Morgan fingerprint density at radius 3 is 2.62 bits per heavy atom. The molecule has 0 aliphatic heterocycles. The molecule has 1 aromatic carbocycles. The van der Waals surface area contributed by atoms with Gasteiger partial charge in [0.1, 0.15) is 5.75 Å². The van der Waals surface area contributed by atoms with Gasteiger partial charge in [-0.2, -0.15) is 0 Å². The molecule has 118 valence electrons. The fourth-order valence-electron chi connectivity index (χ4n) is 1.94. The van der Waals surface area contributed by atoms with Gasteiger partial charge in [0.2, 0.25) is 10.0 Å². The summed E-state index contributed by atoms with van der Waals surface area (Å²) in [7, 11) is -3.20. The third-order valence-electron chi connectivity index (χ3n) is 3.09. The van der Waals surface area contributed by atoms with Crippen LogP contribution in [-0.4, -0.2) is 49.6 Å². The number of phenols is 1. The van der Waals surface area contributed by atoms with E-state index in [1.807, 2.05) is 6.92 Å². The first-order chi connectivity index (χ1) is 9.75. The summed E-state index contributed by atoms with van der Waals surface area (Å²) in [5, 5.41) is 12.3. The number of nitrogens with zero attached hydrogens (tertiary/aromatic N) is 1. The molecular formula is C14H22N2O4S. The Morgan fingerprint density at radius 2 is 2.05 bits per heavy atom. The first-order valence-corrected chi connectivity index (χ1v) is 8.63. The summed E-state index contributed by atoms with van der Waals surface area (Å²) in [6, 6.07) is 4.81. The third kappa shape index (κ3) is 5.35. The highest BCUT2D eigenvalue weighted by Crippen LogP contribution is 2.17. The van der Waals surface area contributed by atoms with Crippen molar-refractivity contribution in [2.75, 3.05) is 25.9 Å². The highest BCUT2D eigenvalue weighted by Gasteiger charge is 2.14. The van der Waals surface area contributed by atoms with Crippen molar-refractivity contribution in [3.63, 3.8) is 0 Å². The molecule has 7 heteroatoms. The minimum Gasteiger partial charge on any atom is -0.507 e. The van der Waals surface area contributed by atoms with Crippen molar-refractivity contribution >= 4 is 15.9 Å². The van der Waals surface area contributed by atoms with Crippen molar-refractivity contribution in [3.05, 3.63) is 29.3 Å². The summed E-state index contributed by atoms with van der Waals surface area (Å²) in [6.07, 6.45) is 1.68. The second kappa shape index (κ2) is 7.42. The number of hydrogen-bond donors (Lipinski definition) is 2. The van der Waals surface area contributed by atoms with E-state index in [-0.39, 0.29) is 17.2 Å². The predicted molar refractivity (Wildman–Crippen MR) is 81.9 cm³/mol. The zero-order chi connectivity index (χ0) is 16.0. The van der Waals surface area contributed by atoms with E-state index >= 15 is 0 Å². The lowest BCUT2D eigenvalue weighted by Gasteiger charge is -2.17. The molecule has 0 radical (unpaired) electrons. The first-order valence-electron chi connectivity index (χ1n) is 6.78. The standard InChI is InChI=1S/C14H22N2O4S/c1-4-16(21(3,19)20)9-5-8-15-14(18)12-10-11(2)6-7-13(12)17/h6-7,10,17H,4-5,8-9H2,1-3H3,(H,15,18). The van der Waals surface area contributed by atoms with E-state index in [1.165, 1.54) is 16.6 Å². The van der Waals surface area contributed by atoms with Crippen LogP contribution in [0, 0.1) is 6.92 Å². The Balaban J connectivity index is 2.49. The molecule has 0 saturated carbocycles. The van der Waals surface area contributed by atoms with Crippen LogP contribution in [0.2, 0.25) is 0 Å². The number of nitrogens with one attached hydrogen (secondary N) is 1. The molecule has 0 heterocycles. The minimum atomic E-state index is -3.20. The maximum absolute atomic E-state index is 11.9. The Hall–Kier alpha value is -1.60. The number of phenolic OH excluding ortho intramolecular Hbond substituents is 1. The number of amides is 1. The molecule has 0 fully saturated rings. The van der Waals surface area contributed by atoms with Crippen molar-refractivity contribution in [1.82, 2.24) is 9.62 Å². The Kier molecular flexibility index (Phi) is 6.17. The molecular weight excluding hydrogens is 292 g/mol. The lowest BCUT2D eigenvalue weighted by atomic mass is 10.1. The fraction of sp³-hybridized carbons (Fsp3) is 0.500. The van der Waals surface area contributed by atoms with Gasteiger partial charge in [-0.1, -0.05) is 18.6 Å². The Bertz CT molecular complexity index is 599. The molecule has 2 N–H and O–H groups in total. The lowest BCUT2D eigenvalue weighted by molar-refractivity contribution is 0.0950. The molecule has 0 saturated heterocycles. The van der Waals surface area contributed by atoms with Gasteiger partial charge < -0.3 is 10.4 Å². The summed E-state index contributed by atoms with van der Waals surface area (Å²) >= 11 is 0. The highest BCUT2D eigenvalue weighted by atomic mass is 32.2. The largest absolute Gasteiger partial charge is 0.507 e. The summed E-state index contributed by atoms with van der Waals surface area (Å²) in [5.74, 6) is -0.428. The summed E-state index contributed by atoms with van der Waals surface area (Å²) in [4.78, 5) is 11.9. The number of sulfonamides is 1. The van der Waals surface area contributed by atoms with E-state index < -0.39 is 10.0 Å². The zero-order valence-electron chi connectivity index (χ0n) is 12.6. The summed E-state index contributed by atoms with van der Waals surface area (Å²) < 4.78 is 24.1. The molecule has 0 aliphatic rings. The molecule has 21 heavy (non-hydrogen) atoms. The van der Waals surface area contributed by atoms with E-state index in [1.54, 1.807) is 19.1 Å². The molecule has 0 aromatic heterocycles. The summed E-state index contributed by atoms with van der Waals surface area (Å²) in [6.45, 7) is 4.71. The van der Waals surface area contributed by atoms with E-state index in [2.05, 4.69) is 5.32 Å². The van der Waals surface area contributed by atoms with Gasteiger partial charge in [0.05, 0.1) is 11.8 Å². The van der Waals surface area contributed by atoms with E-state index in [9.17, 15) is 18.3 Å². The van der Waals surface area contributed by atoms with Gasteiger partial charge in [0.15, 0.2) is 0 Å². The highest BCUT2D eigenvalue weighted by molar-refractivity contribution is 7.88. The van der Waals surface area contributed by atoms with Crippen LogP contribution in [0.15, 0.2) is 18.2 Å². The van der Waals surface area contributed by atoms with Crippen molar-refractivity contribution in [2.24, 2.45) is 0 Å². The molecule has 0 atom stereocenters. The molecule has 1 amide bonds. The topological polar surface area (TPSA) is 86.7 Å². The lowest BCUT2D eigenvalue weighted by Crippen LogP contribution is -2.33. The molecule has 0 spiro atoms. The second-order valence-corrected chi connectivity index (χ2v) is 6.87. The van der Waals surface area contributed by atoms with Gasteiger partial charge in [0.25, 0.3) is 5.91 Å². The van der Waals surface area contributed by atoms with Crippen molar-refractivity contribution in [1.29, 1.82) is 0 Å². The van der Waals surface area contributed by atoms with Gasteiger partial charge in [-0.15, -0.1) is 0 Å². The maximum atomic E-state index is 11.9. The maximum Gasteiger partial charge on any atom is 0.255 e. The molecule has 0 unspecified atom stereocenters. The number of aryl methyl sites for hydroxylation is 1. The molecule has 0 aliphatic carbocycles. The minimum absolute atomic E-state index is 0.0654. The van der Waals surface area contributed by atoms with Gasteiger partial charge in [0, 0.05) is 19.6 Å². The van der Waals surface area contributed by atoms with E-state index in [0.717, 1.165) is 5.56 Å². The van der Waals surface area contributed by atoms with Crippen molar-refractivity contribution in [2.45, 2.75) is 20.3 Å². The van der Waals surface area contributed by atoms with Gasteiger partial charge in [-0.25, -0.2) is 12.7 Å². The number of aromatic hydroxyl groups is 1. The second-order valence-electron chi connectivity index (χ2n) is 4.88. The number of rotatable bonds is 7. The predicted octanol–water partition coefficient (Wildman–Crippen LogP) is 1.10. The van der Waals surface area contributed by atoms with Crippen LogP contribution in [0.5, 0.6) is 5.75 Å². The number of carbonyl (C=O) groups is 1. The fourth-order valence-corrected chi connectivity index (χ4v) is 2.87. The van der Waals surface area contributed by atoms with Gasteiger partial charge in [-0.3, -0.25) is 4.79 Å². The quantitative estimate of drug-likeness (QED) is 0.738. The number of benzene rings is 1. The van der Waals surface area contributed by atoms with E-state index in [0.29, 0.717) is 26.1 Å². The average molecular weight is 314 g/mol. The van der Waals surface area contributed by atoms with Crippen LogP contribution in [0.25, 0.3) is 0 Å².